The monoisotopic (exact) mass is 378 g/mol. The summed E-state index contributed by atoms with van der Waals surface area (Å²) in [6, 6.07) is 1.54. The third-order valence-electron chi connectivity index (χ3n) is 4.37. The summed E-state index contributed by atoms with van der Waals surface area (Å²) in [5.41, 5.74) is 0.608. The summed E-state index contributed by atoms with van der Waals surface area (Å²) in [6.45, 7) is 9.65. The molecule has 2 aromatic heterocycles. The van der Waals surface area contributed by atoms with E-state index in [1.54, 1.807) is 4.68 Å². The molecule has 2 aromatic rings. The Kier molecular flexibility index (Phi) is 5.75. The summed E-state index contributed by atoms with van der Waals surface area (Å²) < 4.78 is 5.81. The Labute approximate surface area is 157 Å². The number of H-pyrrole nitrogens is 1. The van der Waals surface area contributed by atoms with Crippen molar-refractivity contribution in [2.45, 2.75) is 40.2 Å². The molecule has 3 rings (SSSR count). The number of rotatable bonds is 5. The van der Waals surface area contributed by atoms with Gasteiger partial charge in [-0.2, -0.15) is 4.37 Å². The highest BCUT2D eigenvalue weighted by Gasteiger charge is 2.21. The quantitative estimate of drug-likeness (QED) is 0.847. The molecular weight excluding hydrogens is 352 g/mol. The minimum atomic E-state index is -0.0739. The molecule has 1 aliphatic heterocycles. The molecule has 142 valence electrons. The van der Waals surface area contributed by atoms with Crippen molar-refractivity contribution in [2.24, 2.45) is 5.92 Å². The van der Waals surface area contributed by atoms with Gasteiger partial charge in [0.2, 0.25) is 11.0 Å². The Morgan fingerprint density at radius 3 is 2.81 bits per heavy atom. The molecule has 1 aliphatic rings. The Bertz CT molecular complexity index is 808. The maximum Gasteiger partial charge on any atom is 0.266 e. The summed E-state index contributed by atoms with van der Waals surface area (Å²) >= 11 is 1.41. The van der Waals surface area contributed by atoms with Crippen molar-refractivity contribution < 1.29 is 4.79 Å². The van der Waals surface area contributed by atoms with Crippen LogP contribution in [0.2, 0.25) is 0 Å². The van der Waals surface area contributed by atoms with E-state index in [-0.39, 0.29) is 17.9 Å². The zero-order chi connectivity index (χ0) is 18.7. The van der Waals surface area contributed by atoms with Crippen LogP contribution in [0.25, 0.3) is 0 Å². The molecule has 0 bridgehead atoms. The standard InChI is InChI=1S/C17H26N6O2S/c1-12(2)11-23-16(25)10-14(19-23)9-15(24)21-5-4-6-22(8-7-21)17-18-13(3)20-26-17/h10,12,19H,4-9,11H2,1-3H3. The number of carbonyl (C=O) groups excluding carboxylic acids is 1. The molecule has 26 heavy (non-hydrogen) atoms. The molecule has 3 heterocycles. The lowest BCUT2D eigenvalue weighted by atomic mass is 10.2. The Morgan fingerprint density at radius 1 is 1.31 bits per heavy atom. The number of nitrogens with zero attached hydrogens (tertiary/aromatic N) is 5. The number of aromatic nitrogens is 4. The fraction of sp³-hybridized carbons (Fsp3) is 0.647. The van der Waals surface area contributed by atoms with Gasteiger partial charge in [0.1, 0.15) is 5.82 Å². The summed E-state index contributed by atoms with van der Waals surface area (Å²) in [4.78, 5) is 33.2. The van der Waals surface area contributed by atoms with Crippen LogP contribution in [0.5, 0.6) is 0 Å². The Morgan fingerprint density at radius 2 is 2.12 bits per heavy atom. The Hall–Kier alpha value is -2.16. The van der Waals surface area contributed by atoms with E-state index < -0.39 is 0 Å². The van der Waals surface area contributed by atoms with E-state index in [9.17, 15) is 9.59 Å². The fourth-order valence-electron chi connectivity index (χ4n) is 3.13. The highest BCUT2D eigenvalue weighted by Crippen LogP contribution is 2.19. The van der Waals surface area contributed by atoms with E-state index in [0.717, 1.165) is 37.0 Å². The number of hydrogen-bond acceptors (Lipinski definition) is 6. The molecule has 8 nitrogen and oxygen atoms in total. The first-order chi connectivity index (χ1) is 12.4. The highest BCUT2D eigenvalue weighted by molar-refractivity contribution is 7.09. The molecule has 0 aliphatic carbocycles. The third-order valence-corrected chi connectivity index (χ3v) is 5.24. The van der Waals surface area contributed by atoms with Crippen LogP contribution in [0, 0.1) is 12.8 Å². The first-order valence-corrected chi connectivity index (χ1v) is 9.81. The van der Waals surface area contributed by atoms with Gasteiger partial charge in [-0.25, -0.2) is 4.98 Å². The second-order valence-corrected chi connectivity index (χ2v) is 7.88. The van der Waals surface area contributed by atoms with E-state index >= 15 is 0 Å². The smallest absolute Gasteiger partial charge is 0.266 e. The molecule has 0 atom stereocenters. The van der Waals surface area contributed by atoms with Gasteiger partial charge < -0.3 is 9.80 Å². The van der Waals surface area contributed by atoms with E-state index in [0.29, 0.717) is 24.7 Å². The first-order valence-electron chi connectivity index (χ1n) is 9.04. The van der Waals surface area contributed by atoms with Crippen molar-refractivity contribution in [3.05, 3.63) is 27.9 Å². The lowest BCUT2D eigenvalue weighted by molar-refractivity contribution is -0.130. The molecule has 0 saturated carbocycles. The molecule has 1 amide bonds. The van der Waals surface area contributed by atoms with Gasteiger partial charge >= 0.3 is 0 Å². The molecule has 1 N–H and O–H groups in total. The summed E-state index contributed by atoms with van der Waals surface area (Å²) in [7, 11) is 0. The van der Waals surface area contributed by atoms with Crippen LogP contribution in [0.1, 0.15) is 31.8 Å². The molecule has 0 spiro atoms. The van der Waals surface area contributed by atoms with E-state index in [2.05, 4.69) is 33.2 Å². The van der Waals surface area contributed by atoms with Crippen molar-refractivity contribution in [3.63, 3.8) is 0 Å². The van der Waals surface area contributed by atoms with Gasteiger partial charge in [0.25, 0.3) is 5.56 Å². The SMILES string of the molecule is Cc1nsc(N2CCCN(C(=O)Cc3cc(=O)n(CC(C)C)[nH]3)CC2)n1. The number of carbonyl (C=O) groups is 1. The van der Waals surface area contributed by atoms with Crippen LogP contribution in [0.3, 0.4) is 0 Å². The molecule has 1 fully saturated rings. The van der Waals surface area contributed by atoms with Gasteiger partial charge in [-0.3, -0.25) is 19.4 Å². The van der Waals surface area contributed by atoms with Crippen LogP contribution in [0.15, 0.2) is 10.9 Å². The van der Waals surface area contributed by atoms with E-state index in [1.165, 1.54) is 17.6 Å². The molecule has 0 aromatic carbocycles. The Balaban J connectivity index is 1.59. The molecular formula is C17H26N6O2S. The van der Waals surface area contributed by atoms with Crippen molar-refractivity contribution in [1.82, 2.24) is 24.0 Å². The first kappa shape index (κ1) is 18.6. The van der Waals surface area contributed by atoms with E-state index in [4.69, 9.17) is 0 Å². The lowest BCUT2D eigenvalue weighted by Gasteiger charge is -2.21. The number of hydrogen-bond donors (Lipinski definition) is 1. The second-order valence-electron chi connectivity index (χ2n) is 7.15. The predicted molar refractivity (Wildman–Crippen MR) is 102 cm³/mol. The van der Waals surface area contributed by atoms with Gasteiger partial charge in [0.05, 0.1) is 6.42 Å². The van der Waals surface area contributed by atoms with Crippen LogP contribution in [-0.2, 0) is 17.8 Å². The predicted octanol–water partition coefficient (Wildman–Crippen LogP) is 1.27. The molecule has 9 heteroatoms. The van der Waals surface area contributed by atoms with Gasteiger partial charge in [-0.1, -0.05) is 13.8 Å². The van der Waals surface area contributed by atoms with Crippen LogP contribution in [0.4, 0.5) is 5.13 Å². The number of nitrogens with one attached hydrogen (secondary N) is 1. The lowest BCUT2D eigenvalue weighted by Crippen LogP contribution is -2.36. The number of aryl methyl sites for hydroxylation is 1. The number of aromatic amines is 1. The fourth-order valence-corrected chi connectivity index (χ4v) is 3.85. The minimum Gasteiger partial charge on any atom is -0.345 e. The summed E-state index contributed by atoms with van der Waals surface area (Å²) in [6.07, 6.45) is 1.13. The summed E-state index contributed by atoms with van der Waals surface area (Å²) in [5.74, 6) is 1.21. The molecule has 0 unspecified atom stereocenters. The maximum atomic E-state index is 12.7. The van der Waals surface area contributed by atoms with Gasteiger partial charge in [0, 0.05) is 56.0 Å². The largest absolute Gasteiger partial charge is 0.345 e. The van der Waals surface area contributed by atoms with Gasteiger partial charge in [0.15, 0.2) is 0 Å². The normalized spacial score (nSPS) is 15.5. The summed E-state index contributed by atoms with van der Waals surface area (Å²) in [5, 5.41) is 3.99. The zero-order valence-electron chi connectivity index (χ0n) is 15.6. The number of amides is 1. The second kappa shape index (κ2) is 8.03. The third kappa shape index (κ3) is 4.51. The van der Waals surface area contributed by atoms with Crippen molar-refractivity contribution in [2.75, 3.05) is 31.1 Å². The van der Waals surface area contributed by atoms with Crippen molar-refractivity contribution >= 4 is 22.6 Å². The average Bonchev–Trinajstić information content (AvgIpc) is 3.04. The van der Waals surface area contributed by atoms with Gasteiger partial charge in [-0.15, -0.1) is 0 Å². The molecule has 1 saturated heterocycles. The van der Waals surface area contributed by atoms with Crippen LogP contribution in [-0.4, -0.2) is 56.1 Å². The highest BCUT2D eigenvalue weighted by atomic mass is 32.1. The number of anilines is 1. The van der Waals surface area contributed by atoms with Crippen molar-refractivity contribution in [3.8, 4) is 0 Å². The van der Waals surface area contributed by atoms with E-state index in [1.807, 2.05) is 11.8 Å². The van der Waals surface area contributed by atoms with Crippen LogP contribution >= 0.6 is 11.5 Å². The van der Waals surface area contributed by atoms with Crippen molar-refractivity contribution in [1.29, 1.82) is 0 Å². The average molecular weight is 379 g/mol. The zero-order valence-corrected chi connectivity index (χ0v) is 16.4. The van der Waals surface area contributed by atoms with Gasteiger partial charge in [-0.05, 0) is 19.3 Å². The topological polar surface area (TPSA) is 87.1 Å². The molecule has 0 radical (unpaired) electrons. The maximum absolute atomic E-state index is 12.7. The van der Waals surface area contributed by atoms with Crippen LogP contribution < -0.4 is 10.5 Å². The minimum absolute atomic E-state index is 0.0539.